The van der Waals surface area contributed by atoms with Crippen molar-refractivity contribution in [1.29, 1.82) is 0 Å². The van der Waals surface area contributed by atoms with E-state index in [1.54, 1.807) is 0 Å². The Labute approximate surface area is 97.8 Å². The van der Waals surface area contributed by atoms with Gasteiger partial charge in [0, 0.05) is 11.6 Å². The molecule has 0 aliphatic carbocycles. The maximum absolute atomic E-state index is 5.88. The van der Waals surface area contributed by atoms with Gasteiger partial charge in [-0.1, -0.05) is 37.6 Å². The first kappa shape index (κ1) is 12.5. The Morgan fingerprint density at radius 2 is 1.80 bits per heavy atom. The van der Waals surface area contributed by atoms with E-state index in [0.29, 0.717) is 5.92 Å². The number of hydrogen-bond donors (Lipinski definition) is 1. The lowest BCUT2D eigenvalue weighted by atomic mass is 9.90. The van der Waals surface area contributed by atoms with Crippen molar-refractivity contribution in [2.24, 2.45) is 5.92 Å². The summed E-state index contributed by atoms with van der Waals surface area (Å²) in [6.45, 7) is 5.55. The van der Waals surface area contributed by atoms with Crippen molar-refractivity contribution < 1.29 is 0 Å². The quantitative estimate of drug-likeness (QED) is 0.806. The molecule has 0 fully saturated rings. The van der Waals surface area contributed by atoms with Gasteiger partial charge < -0.3 is 5.32 Å². The molecule has 1 aromatic rings. The van der Waals surface area contributed by atoms with Crippen LogP contribution < -0.4 is 5.32 Å². The van der Waals surface area contributed by atoms with Crippen LogP contribution in [0.25, 0.3) is 0 Å². The van der Waals surface area contributed by atoms with Gasteiger partial charge in [0.1, 0.15) is 0 Å². The van der Waals surface area contributed by atoms with Crippen molar-refractivity contribution in [2.75, 3.05) is 13.6 Å². The lowest BCUT2D eigenvalue weighted by Crippen LogP contribution is -2.18. The molecule has 0 aliphatic rings. The van der Waals surface area contributed by atoms with Crippen molar-refractivity contribution in [3.8, 4) is 0 Å². The third kappa shape index (κ3) is 4.23. The highest BCUT2D eigenvalue weighted by Crippen LogP contribution is 2.24. The second-order valence-electron chi connectivity index (χ2n) is 4.44. The zero-order chi connectivity index (χ0) is 11.3. The maximum atomic E-state index is 5.88. The molecule has 0 aliphatic heterocycles. The zero-order valence-corrected chi connectivity index (χ0v) is 10.5. The highest BCUT2D eigenvalue weighted by molar-refractivity contribution is 6.30. The number of nitrogens with one attached hydrogen (secondary N) is 1. The minimum Gasteiger partial charge on any atom is -0.319 e. The number of likely N-dealkylation sites (N-methyl/N-ethyl adjacent to an activating group) is 1. The zero-order valence-electron chi connectivity index (χ0n) is 9.76. The fourth-order valence-electron chi connectivity index (χ4n) is 1.89. The van der Waals surface area contributed by atoms with E-state index < -0.39 is 0 Å². The van der Waals surface area contributed by atoms with E-state index in [1.807, 2.05) is 19.2 Å². The van der Waals surface area contributed by atoms with Gasteiger partial charge in [0.25, 0.3) is 0 Å². The van der Waals surface area contributed by atoms with Crippen molar-refractivity contribution in [1.82, 2.24) is 5.32 Å². The molecular weight excluding hydrogens is 206 g/mol. The van der Waals surface area contributed by atoms with Gasteiger partial charge in [0.15, 0.2) is 0 Å². The van der Waals surface area contributed by atoms with E-state index in [1.165, 1.54) is 12.0 Å². The highest BCUT2D eigenvalue weighted by atomic mass is 35.5. The van der Waals surface area contributed by atoms with E-state index in [9.17, 15) is 0 Å². The van der Waals surface area contributed by atoms with Crippen molar-refractivity contribution in [2.45, 2.75) is 26.2 Å². The summed E-state index contributed by atoms with van der Waals surface area (Å²) in [6.07, 6.45) is 1.21. The maximum Gasteiger partial charge on any atom is 0.0406 e. The van der Waals surface area contributed by atoms with Crippen LogP contribution in [0.5, 0.6) is 0 Å². The van der Waals surface area contributed by atoms with E-state index in [4.69, 9.17) is 11.6 Å². The molecule has 2 heteroatoms. The summed E-state index contributed by atoms with van der Waals surface area (Å²) in [5.74, 6) is 1.31. The molecule has 0 bridgehead atoms. The summed E-state index contributed by atoms with van der Waals surface area (Å²) < 4.78 is 0. The number of halogens is 1. The standard InChI is InChI=1S/C13H20ClN/c1-10(2)8-12(9-15-3)11-4-6-13(14)7-5-11/h4-7,10,12,15H,8-9H2,1-3H3. The molecule has 1 aromatic carbocycles. The molecule has 0 saturated carbocycles. The molecule has 0 spiro atoms. The van der Waals surface area contributed by atoms with Crippen LogP contribution in [0.4, 0.5) is 0 Å². The SMILES string of the molecule is CNCC(CC(C)C)c1ccc(Cl)cc1. The molecular formula is C13H20ClN. The summed E-state index contributed by atoms with van der Waals surface area (Å²) in [7, 11) is 2.00. The smallest absolute Gasteiger partial charge is 0.0406 e. The number of hydrogen-bond acceptors (Lipinski definition) is 1. The second-order valence-corrected chi connectivity index (χ2v) is 4.87. The van der Waals surface area contributed by atoms with Gasteiger partial charge in [-0.15, -0.1) is 0 Å². The number of rotatable bonds is 5. The Bertz CT molecular complexity index is 279. The van der Waals surface area contributed by atoms with Gasteiger partial charge in [0.2, 0.25) is 0 Å². The second kappa shape index (κ2) is 6.14. The molecule has 1 N–H and O–H groups in total. The van der Waals surface area contributed by atoms with Gasteiger partial charge in [-0.25, -0.2) is 0 Å². The molecule has 0 amide bonds. The van der Waals surface area contributed by atoms with Gasteiger partial charge >= 0.3 is 0 Å². The normalized spacial score (nSPS) is 13.1. The van der Waals surface area contributed by atoms with Crippen LogP contribution in [0.2, 0.25) is 5.02 Å². The largest absolute Gasteiger partial charge is 0.319 e. The number of benzene rings is 1. The Balaban J connectivity index is 2.74. The predicted molar refractivity (Wildman–Crippen MR) is 67.6 cm³/mol. The lowest BCUT2D eigenvalue weighted by Gasteiger charge is -2.19. The molecule has 84 valence electrons. The molecule has 0 radical (unpaired) electrons. The van der Waals surface area contributed by atoms with E-state index in [2.05, 4.69) is 31.3 Å². The van der Waals surface area contributed by atoms with Crippen LogP contribution in [0, 0.1) is 5.92 Å². The molecule has 0 saturated heterocycles. The summed E-state index contributed by atoms with van der Waals surface area (Å²) >= 11 is 5.88. The summed E-state index contributed by atoms with van der Waals surface area (Å²) in [5, 5.41) is 4.06. The molecule has 0 aromatic heterocycles. The highest BCUT2D eigenvalue weighted by Gasteiger charge is 2.12. The summed E-state index contributed by atoms with van der Waals surface area (Å²) in [5.41, 5.74) is 1.38. The average Bonchev–Trinajstić information content (AvgIpc) is 2.17. The first-order valence-electron chi connectivity index (χ1n) is 5.53. The minimum atomic E-state index is 0.590. The van der Waals surface area contributed by atoms with Gasteiger partial charge in [-0.3, -0.25) is 0 Å². The van der Waals surface area contributed by atoms with Gasteiger partial charge in [0.05, 0.1) is 0 Å². The lowest BCUT2D eigenvalue weighted by molar-refractivity contribution is 0.484. The summed E-state index contributed by atoms with van der Waals surface area (Å²) in [4.78, 5) is 0. The Hall–Kier alpha value is -0.530. The van der Waals surface area contributed by atoms with E-state index in [-0.39, 0.29) is 0 Å². The molecule has 1 nitrogen and oxygen atoms in total. The van der Waals surface area contributed by atoms with Crippen molar-refractivity contribution in [3.63, 3.8) is 0 Å². The molecule has 1 rings (SSSR count). The third-order valence-corrected chi connectivity index (χ3v) is 2.80. The first-order valence-corrected chi connectivity index (χ1v) is 5.91. The van der Waals surface area contributed by atoms with E-state index in [0.717, 1.165) is 17.5 Å². The van der Waals surface area contributed by atoms with Crippen LogP contribution in [0.3, 0.4) is 0 Å². The average molecular weight is 226 g/mol. The minimum absolute atomic E-state index is 0.590. The van der Waals surface area contributed by atoms with Crippen molar-refractivity contribution >= 4 is 11.6 Å². The molecule has 0 heterocycles. The monoisotopic (exact) mass is 225 g/mol. The Kier molecular flexibility index (Phi) is 5.13. The molecule has 1 unspecified atom stereocenters. The molecule has 1 atom stereocenters. The molecule has 15 heavy (non-hydrogen) atoms. The van der Waals surface area contributed by atoms with E-state index >= 15 is 0 Å². The third-order valence-electron chi connectivity index (χ3n) is 2.55. The van der Waals surface area contributed by atoms with Crippen LogP contribution in [-0.4, -0.2) is 13.6 Å². The first-order chi connectivity index (χ1) is 7.13. The van der Waals surface area contributed by atoms with Crippen LogP contribution >= 0.6 is 11.6 Å². The summed E-state index contributed by atoms with van der Waals surface area (Å²) in [6, 6.07) is 8.21. The predicted octanol–water partition coefficient (Wildman–Crippen LogP) is 3.69. The fourth-order valence-corrected chi connectivity index (χ4v) is 2.01. The van der Waals surface area contributed by atoms with Crippen LogP contribution in [0.15, 0.2) is 24.3 Å². The van der Waals surface area contributed by atoms with Crippen LogP contribution in [0.1, 0.15) is 31.7 Å². The van der Waals surface area contributed by atoms with Gasteiger partial charge in [-0.2, -0.15) is 0 Å². The fraction of sp³-hybridized carbons (Fsp3) is 0.538. The van der Waals surface area contributed by atoms with Crippen LogP contribution in [-0.2, 0) is 0 Å². The Morgan fingerprint density at radius 3 is 2.27 bits per heavy atom. The van der Waals surface area contributed by atoms with Gasteiger partial charge in [-0.05, 0) is 43.0 Å². The van der Waals surface area contributed by atoms with Crippen molar-refractivity contribution in [3.05, 3.63) is 34.9 Å². The topological polar surface area (TPSA) is 12.0 Å². The Morgan fingerprint density at radius 1 is 1.20 bits per heavy atom.